The Morgan fingerprint density at radius 1 is 1.03 bits per heavy atom. The van der Waals surface area contributed by atoms with Gasteiger partial charge in [-0.15, -0.1) is 0 Å². The van der Waals surface area contributed by atoms with E-state index in [1.165, 1.54) is 20.9 Å². The average molecular weight is 454 g/mol. The van der Waals surface area contributed by atoms with Crippen LogP contribution in [-0.4, -0.2) is 55.3 Å². The minimum atomic E-state index is -3.57. The summed E-state index contributed by atoms with van der Waals surface area (Å²) in [6.45, 7) is 2.03. The van der Waals surface area contributed by atoms with Crippen molar-refractivity contribution >= 4 is 26.8 Å². The maximum Gasteiger partial charge on any atom is 0.243 e. The second kappa shape index (κ2) is 8.26. The van der Waals surface area contributed by atoms with E-state index >= 15 is 0 Å². The van der Waals surface area contributed by atoms with E-state index in [2.05, 4.69) is 17.1 Å². The van der Waals surface area contributed by atoms with Gasteiger partial charge in [-0.05, 0) is 43.2 Å². The highest BCUT2D eigenvalue weighted by Gasteiger charge is 2.35. The van der Waals surface area contributed by atoms with Gasteiger partial charge in [0.25, 0.3) is 0 Å². The average Bonchev–Trinajstić information content (AvgIpc) is 3.21. The van der Waals surface area contributed by atoms with E-state index in [0.29, 0.717) is 44.8 Å². The fourth-order valence-corrected chi connectivity index (χ4v) is 6.32. The largest absolute Gasteiger partial charge is 0.497 e. The lowest BCUT2D eigenvalue weighted by Crippen LogP contribution is -2.45. The molecule has 3 aromatic rings. The number of fused-ring (bicyclic) bond motifs is 3. The number of carbonyl (C=O) groups is 1. The van der Waals surface area contributed by atoms with Crippen LogP contribution in [-0.2, 0) is 27.8 Å². The first kappa shape index (κ1) is 21.0. The lowest BCUT2D eigenvalue weighted by atomic mass is 9.95. The molecule has 0 aliphatic carbocycles. The molecular formula is C24H27N3O4S. The molecular weight excluding hydrogens is 426 g/mol. The van der Waals surface area contributed by atoms with Gasteiger partial charge in [-0.1, -0.05) is 18.2 Å². The minimum Gasteiger partial charge on any atom is -0.497 e. The van der Waals surface area contributed by atoms with Gasteiger partial charge in [0.15, 0.2) is 0 Å². The highest BCUT2D eigenvalue weighted by molar-refractivity contribution is 7.89. The molecule has 168 valence electrons. The minimum absolute atomic E-state index is 0.135. The van der Waals surface area contributed by atoms with Crippen molar-refractivity contribution in [1.29, 1.82) is 0 Å². The van der Waals surface area contributed by atoms with Crippen LogP contribution in [0.15, 0.2) is 53.4 Å². The van der Waals surface area contributed by atoms with E-state index in [0.717, 1.165) is 11.9 Å². The number of piperidine rings is 1. The van der Waals surface area contributed by atoms with Crippen LogP contribution in [0.5, 0.6) is 5.75 Å². The maximum atomic E-state index is 13.3. The van der Waals surface area contributed by atoms with E-state index in [4.69, 9.17) is 4.74 Å². The molecule has 1 saturated heterocycles. The molecule has 0 bridgehead atoms. The third-order valence-electron chi connectivity index (χ3n) is 6.69. The number of ether oxygens (including phenoxy) is 1. The molecule has 1 fully saturated rings. The number of H-pyrrole nitrogens is 1. The summed E-state index contributed by atoms with van der Waals surface area (Å²) >= 11 is 0. The van der Waals surface area contributed by atoms with Gasteiger partial charge >= 0.3 is 0 Å². The molecule has 1 aromatic heterocycles. The normalized spacial score (nSPS) is 18.0. The predicted molar refractivity (Wildman–Crippen MR) is 122 cm³/mol. The Labute approximate surface area is 188 Å². The van der Waals surface area contributed by atoms with Crippen molar-refractivity contribution in [3.8, 4) is 5.75 Å². The van der Waals surface area contributed by atoms with Crippen LogP contribution >= 0.6 is 0 Å². The van der Waals surface area contributed by atoms with E-state index in [1.807, 2.05) is 17.0 Å². The van der Waals surface area contributed by atoms with Crippen LogP contribution in [0.4, 0.5) is 0 Å². The topological polar surface area (TPSA) is 82.7 Å². The Hall–Kier alpha value is -2.84. The fraction of sp³-hybridized carbons (Fsp3) is 0.375. The van der Waals surface area contributed by atoms with Gasteiger partial charge in [0.2, 0.25) is 15.9 Å². The maximum absolute atomic E-state index is 13.3. The van der Waals surface area contributed by atoms with Gasteiger partial charge < -0.3 is 14.6 Å². The van der Waals surface area contributed by atoms with Gasteiger partial charge in [-0.3, -0.25) is 4.79 Å². The van der Waals surface area contributed by atoms with Gasteiger partial charge in [0.1, 0.15) is 5.75 Å². The van der Waals surface area contributed by atoms with Crippen LogP contribution in [0.2, 0.25) is 0 Å². The Kier molecular flexibility index (Phi) is 5.43. The molecule has 1 N–H and O–H groups in total. The summed E-state index contributed by atoms with van der Waals surface area (Å²) in [4.78, 5) is 18.9. The standard InChI is InChI=1S/C24H27N3O4S/c1-31-18-6-8-19(9-7-18)32(29,30)27-14-10-17(11-15-27)24(28)26-13-12-23-21(16-26)20-4-2-3-5-22(20)25-23/h2-9,17,25H,10-16H2,1H3. The first-order valence-electron chi connectivity index (χ1n) is 11.0. The summed E-state index contributed by atoms with van der Waals surface area (Å²) in [6.07, 6.45) is 1.91. The number of methoxy groups -OCH3 is 1. The first-order chi connectivity index (χ1) is 15.5. The second-order valence-corrected chi connectivity index (χ2v) is 10.4. The molecule has 5 rings (SSSR count). The molecule has 0 saturated carbocycles. The molecule has 7 nitrogen and oxygen atoms in total. The molecule has 2 aromatic carbocycles. The van der Waals surface area contributed by atoms with Gasteiger partial charge in [0.05, 0.1) is 12.0 Å². The van der Waals surface area contributed by atoms with Crippen molar-refractivity contribution < 1.29 is 17.9 Å². The van der Waals surface area contributed by atoms with Gasteiger partial charge in [-0.2, -0.15) is 4.31 Å². The Balaban J connectivity index is 1.25. The highest BCUT2D eigenvalue weighted by atomic mass is 32.2. The van der Waals surface area contributed by atoms with E-state index in [9.17, 15) is 13.2 Å². The van der Waals surface area contributed by atoms with Gasteiger partial charge in [0, 0.05) is 60.7 Å². The molecule has 0 unspecified atom stereocenters. The molecule has 0 atom stereocenters. The first-order valence-corrected chi connectivity index (χ1v) is 12.4. The molecule has 0 spiro atoms. The van der Waals surface area contributed by atoms with Crippen molar-refractivity contribution in [3.05, 3.63) is 59.8 Å². The van der Waals surface area contributed by atoms with Crippen LogP contribution in [0, 0.1) is 5.92 Å². The Morgan fingerprint density at radius 2 is 1.75 bits per heavy atom. The quantitative estimate of drug-likeness (QED) is 0.658. The van der Waals surface area contributed by atoms with Crippen molar-refractivity contribution in [2.75, 3.05) is 26.7 Å². The predicted octanol–water partition coefficient (Wildman–Crippen LogP) is 3.16. The summed E-state index contributed by atoms with van der Waals surface area (Å²) in [5.41, 5.74) is 3.54. The number of amides is 1. The van der Waals surface area contributed by atoms with Crippen molar-refractivity contribution in [2.24, 2.45) is 5.92 Å². The molecule has 32 heavy (non-hydrogen) atoms. The van der Waals surface area contributed by atoms with Crippen LogP contribution < -0.4 is 4.74 Å². The summed E-state index contributed by atoms with van der Waals surface area (Å²) in [6, 6.07) is 14.6. The van der Waals surface area contributed by atoms with E-state index in [1.54, 1.807) is 31.4 Å². The van der Waals surface area contributed by atoms with E-state index < -0.39 is 10.0 Å². The Morgan fingerprint density at radius 3 is 2.47 bits per heavy atom. The highest BCUT2D eigenvalue weighted by Crippen LogP contribution is 2.31. The lowest BCUT2D eigenvalue weighted by molar-refractivity contribution is -0.137. The molecule has 2 aliphatic rings. The third kappa shape index (κ3) is 3.67. The third-order valence-corrected chi connectivity index (χ3v) is 8.61. The number of aromatic nitrogens is 1. The summed E-state index contributed by atoms with van der Waals surface area (Å²) < 4.78 is 32.6. The number of para-hydroxylation sites is 1. The number of carbonyl (C=O) groups excluding carboxylic acids is 1. The summed E-state index contributed by atoms with van der Waals surface area (Å²) in [5.74, 6) is 0.625. The lowest BCUT2D eigenvalue weighted by Gasteiger charge is -2.35. The molecule has 2 aliphatic heterocycles. The second-order valence-electron chi connectivity index (χ2n) is 8.49. The number of sulfonamides is 1. The fourth-order valence-electron chi connectivity index (χ4n) is 4.85. The summed E-state index contributed by atoms with van der Waals surface area (Å²) in [7, 11) is -2.02. The summed E-state index contributed by atoms with van der Waals surface area (Å²) in [5, 5.41) is 1.18. The SMILES string of the molecule is COc1ccc(S(=O)(=O)N2CCC(C(=O)N3CCc4[nH]c5ccccc5c4C3)CC2)cc1. The van der Waals surface area contributed by atoms with Crippen molar-refractivity contribution in [3.63, 3.8) is 0 Å². The zero-order chi connectivity index (χ0) is 22.3. The zero-order valence-electron chi connectivity index (χ0n) is 18.1. The van der Waals surface area contributed by atoms with Crippen molar-refractivity contribution in [1.82, 2.24) is 14.2 Å². The number of aromatic amines is 1. The Bertz CT molecular complexity index is 1240. The number of hydrogen-bond acceptors (Lipinski definition) is 4. The monoisotopic (exact) mass is 453 g/mol. The van der Waals surface area contributed by atoms with Crippen LogP contribution in [0.3, 0.4) is 0 Å². The number of nitrogens with zero attached hydrogens (tertiary/aromatic N) is 2. The van der Waals surface area contributed by atoms with Crippen LogP contribution in [0.1, 0.15) is 24.1 Å². The molecule has 8 heteroatoms. The molecule has 1 amide bonds. The van der Waals surface area contributed by atoms with Gasteiger partial charge in [-0.25, -0.2) is 8.42 Å². The number of hydrogen-bond donors (Lipinski definition) is 1. The number of benzene rings is 2. The van der Waals surface area contributed by atoms with E-state index in [-0.39, 0.29) is 16.7 Å². The molecule has 0 radical (unpaired) electrons. The number of rotatable bonds is 4. The molecule has 3 heterocycles. The zero-order valence-corrected chi connectivity index (χ0v) is 18.9. The van der Waals surface area contributed by atoms with Crippen molar-refractivity contribution in [2.45, 2.75) is 30.7 Å². The number of nitrogens with one attached hydrogen (secondary N) is 1. The van der Waals surface area contributed by atoms with Crippen LogP contribution in [0.25, 0.3) is 10.9 Å². The smallest absolute Gasteiger partial charge is 0.243 e.